The van der Waals surface area contributed by atoms with E-state index >= 15 is 0 Å². The van der Waals surface area contributed by atoms with Gasteiger partial charge in [0.15, 0.2) is 0 Å². The largest absolute Gasteiger partial charge is 0.457 e. The highest BCUT2D eigenvalue weighted by molar-refractivity contribution is 5.44. The molecule has 2 nitrogen and oxygen atoms in total. The minimum Gasteiger partial charge on any atom is -0.457 e. The Kier molecular flexibility index (Phi) is 5.81. The Balaban J connectivity index is 1.50. The average molecular weight is 409 g/mol. The Labute approximate surface area is 185 Å². The molecule has 0 unspecified atom stereocenters. The molecule has 0 spiro atoms. The Morgan fingerprint density at radius 3 is 1.19 bits per heavy atom. The molecule has 0 amide bonds. The highest BCUT2D eigenvalue weighted by Crippen LogP contribution is 2.35. The van der Waals surface area contributed by atoms with Gasteiger partial charge in [-0.15, -0.1) is 0 Å². The van der Waals surface area contributed by atoms with Crippen molar-refractivity contribution in [2.24, 2.45) is 0 Å². The average Bonchev–Trinajstić information content (AvgIpc) is 2.78. The molecule has 2 heteroatoms. The first-order valence-electron chi connectivity index (χ1n) is 10.6. The molecule has 4 aromatic rings. The van der Waals surface area contributed by atoms with Crippen LogP contribution in [0.1, 0.15) is 36.1 Å². The molecule has 0 aromatic heterocycles. The summed E-state index contributed by atoms with van der Waals surface area (Å²) in [4.78, 5) is 0. The van der Waals surface area contributed by atoms with Gasteiger partial charge in [-0.3, -0.25) is 0 Å². The normalized spacial score (nSPS) is 11.2. The summed E-state index contributed by atoms with van der Waals surface area (Å²) in [6.45, 7) is 8.58. The van der Waals surface area contributed by atoms with E-state index in [4.69, 9.17) is 9.47 Å². The Morgan fingerprint density at radius 1 is 0.484 bits per heavy atom. The predicted molar refractivity (Wildman–Crippen MR) is 128 cm³/mol. The van der Waals surface area contributed by atoms with E-state index in [0.717, 1.165) is 34.1 Å². The van der Waals surface area contributed by atoms with E-state index in [1.165, 1.54) is 11.1 Å². The van der Waals surface area contributed by atoms with Gasteiger partial charge in [-0.1, -0.05) is 74.5 Å². The van der Waals surface area contributed by atoms with Crippen molar-refractivity contribution in [3.05, 3.63) is 119 Å². The number of hydrogen-bond acceptors (Lipinski definition) is 2. The molecule has 0 aliphatic carbocycles. The van der Waals surface area contributed by atoms with Gasteiger partial charge < -0.3 is 9.47 Å². The number of benzene rings is 4. The minimum absolute atomic E-state index is 0.137. The molecule has 0 bridgehead atoms. The lowest BCUT2D eigenvalue weighted by Gasteiger charge is -2.26. The fraction of sp³-hybridized carbons (Fsp3) is 0.172. The summed E-state index contributed by atoms with van der Waals surface area (Å²) in [5.74, 6) is 3.46. The van der Waals surface area contributed by atoms with Crippen LogP contribution >= 0.6 is 0 Å². The molecule has 0 fully saturated rings. The van der Waals surface area contributed by atoms with Gasteiger partial charge in [0.25, 0.3) is 0 Å². The summed E-state index contributed by atoms with van der Waals surface area (Å²) in [7, 11) is 0. The summed E-state index contributed by atoms with van der Waals surface area (Å²) in [5.41, 5.74) is 4.58. The minimum atomic E-state index is -0.137. The van der Waals surface area contributed by atoms with Gasteiger partial charge in [-0.05, 0) is 72.5 Å². The van der Waals surface area contributed by atoms with Crippen molar-refractivity contribution in [2.75, 3.05) is 0 Å². The fourth-order valence-corrected chi connectivity index (χ4v) is 3.64. The smallest absolute Gasteiger partial charge is 0.130 e. The van der Waals surface area contributed by atoms with Crippen molar-refractivity contribution in [2.45, 2.75) is 33.1 Å². The lowest BCUT2D eigenvalue weighted by atomic mass is 9.78. The van der Waals surface area contributed by atoms with Crippen LogP contribution in [0.25, 0.3) is 0 Å². The third kappa shape index (κ3) is 4.64. The fourth-order valence-electron chi connectivity index (χ4n) is 3.64. The van der Waals surface area contributed by atoms with Crippen molar-refractivity contribution in [1.82, 2.24) is 0 Å². The third-order valence-corrected chi connectivity index (χ3v) is 5.79. The van der Waals surface area contributed by atoms with Crippen LogP contribution in [-0.2, 0) is 5.41 Å². The van der Waals surface area contributed by atoms with Crippen LogP contribution in [0.15, 0.2) is 97.1 Å². The highest BCUT2D eigenvalue weighted by atomic mass is 16.5. The summed E-state index contributed by atoms with van der Waals surface area (Å²) in [6.07, 6.45) is 0. The molecular weight excluding hydrogens is 380 g/mol. The quantitative estimate of drug-likeness (QED) is 0.320. The molecule has 31 heavy (non-hydrogen) atoms. The van der Waals surface area contributed by atoms with Crippen molar-refractivity contribution in [1.29, 1.82) is 0 Å². The van der Waals surface area contributed by atoms with Crippen molar-refractivity contribution < 1.29 is 9.47 Å². The molecule has 4 rings (SSSR count). The monoisotopic (exact) mass is 408 g/mol. The number of aryl methyl sites for hydroxylation is 2. The zero-order chi connectivity index (χ0) is 21.8. The second-order valence-corrected chi connectivity index (χ2v) is 8.41. The molecule has 4 aromatic carbocycles. The second-order valence-electron chi connectivity index (χ2n) is 8.41. The van der Waals surface area contributed by atoms with E-state index in [1.54, 1.807) is 0 Å². The van der Waals surface area contributed by atoms with Crippen LogP contribution in [0, 0.1) is 13.8 Å². The SMILES string of the molecule is Cc1ccccc1Oc1ccc(C(C)(C)c2ccc(Oc3ccccc3C)cc2)cc1. The van der Waals surface area contributed by atoms with Crippen LogP contribution in [0.4, 0.5) is 0 Å². The Hall–Kier alpha value is -3.52. The van der Waals surface area contributed by atoms with E-state index in [0.29, 0.717) is 0 Å². The number of rotatable bonds is 6. The lowest BCUT2D eigenvalue weighted by Crippen LogP contribution is -2.18. The van der Waals surface area contributed by atoms with Crippen LogP contribution in [0.3, 0.4) is 0 Å². The third-order valence-electron chi connectivity index (χ3n) is 5.79. The number of ether oxygens (including phenoxy) is 2. The first kappa shape index (κ1) is 20.7. The lowest BCUT2D eigenvalue weighted by molar-refractivity contribution is 0.477. The van der Waals surface area contributed by atoms with E-state index in [9.17, 15) is 0 Å². The summed E-state index contributed by atoms with van der Waals surface area (Å²) >= 11 is 0. The van der Waals surface area contributed by atoms with Gasteiger partial charge in [0.1, 0.15) is 23.0 Å². The number of para-hydroxylation sites is 2. The first-order chi connectivity index (χ1) is 14.9. The Bertz CT molecular complexity index is 1060. The maximum Gasteiger partial charge on any atom is 0.130 e. The van der Waals surface area contributed by atoms with E-state index < -0.39 is 0 Å². The second kappa shape index (κ2) is 8.69. The number of hydrogen-bond donors (Lipinski definition) is 0. The molecule has 0 heterocycles. The van der Waals surface area contributed by atoms with E-state index in [2.05, 4.69) is 64.1 Å². The van der Waals surface area contributed by atoms with Gasteiger partial charge in [0.05, 0.1) is 0 Å². The van der Waals surface area contributed by atoms with Gasteiger partial charge in [-0.25, -0.2) is 0 Å². The van der Waals surface area contributed by atoms with Gasteiger partial charge in [0.2, 0.25) is 0 Å². The molecule has 0 atom stereocenters. The maximum atomic E-state index is 6.05. The van der Waals surface area contributed by atoms with Gasteiger partial charge >= 0.3 is 0 Å². The van der Waals surface area contributed by atoms with E-state index in [1.807, 2.05) is 60.7 Å². The first-order valence-corrected chi connectivity index (χ1v) is 10.6. The zero-order valence-corrected chi connectivity index (χ0v) is 18.6. The van der Waals surface area contributed by atoms with Gasteiger partial charge in [-0.2, -0.15) is 0 Å². The predicted octanol–water partition coefficient (Wildman–Crippen LogP) is 8.21. The highest BCUT2D eigenvalue weighted by Gasteiger charge is 2.23. The van der Waals surface area contributed by atoms with E-state index in [-0.39, 0.29) is 5.41 Å². The molecule has 0 saturated heterocycles. The maximum absolute atomic E-state index is 6.05. The molecule has 0 radical (unpaired) electrons. The van der Waals surface area contributed by atoms with Crippen LogP contribution in [-0.4, -0.2) is 0 Å². The molecule has 0 saturated carbocycles. The van der Waals surface area contributed by atoms with Crippen molar-refractivity contribution >= 4 is 0 Å². The van der Waals surface area contributed by atoms with Crippen LogP contribution in [0.5, 0.6) is 23.0 Å². The summed E-state index contributed by atoms with van der Waals surface area (Å²) in [6, 6.07) is 32.9. The van der Waals surface area contributed by atoms with Crippen LogP contribution in [0.2, 0.25) is 0 Å². The molecular formula is C29H28O2. The topological polar surface area (TPSA) is 18.5 Å². The molecule has 0 N–H and O–H groups in total. The molecule has 156 valence electrons. The molecule has 0 aliphatic heterocycles. The van der Waals surface area contributed by atoms with Crippen LogP contribution < -0.4 is 9.47 Å². The van der Waals surface area contributed by atoms with Gasteiger partial charge in [0, 0.05) is 5.41 Å². The molecule has 0 aliphatic rings. The zero-order valence-electron chi connectivity index (χ0n) is 18.6. The standard InChI is InChI=1S/C29H28O2/c1-21-9-5-7-11-27(21)30-25-17-13-23(14-18-25)29(3,4)24-15-19-26(20-16-24)31-28-12-8-6-10-22(28)2/h5-20H,1-4H3. The summed E-state index contributed by atoms with van der Waals surface area (Å²) in [5, 5.41) is 0. The summed E-state index contributed by atoms with van der Waals surface area (Å²) < 4.78 is 12.1. The Morgan fingerprint density at radius 2 is 0.839 bits per heavy atom. The van der Waals surface area contributed by atoms with Crippen molar-refractivity contribution in [3.8, 4) is 23.0 Å². The van der Waals surface area contributed by atoms with Crippen molar-refractivity contribution in [3.63, 3.8) is 0 Å².